The molecule has 3 aromatic heterocycles. The molecule has 0 radical (unpaired) electrons. The monoisotopic (exact) mass is 974 g/mol. The van der Waals surface area contributed by atoms with E-state index in [1.54, 1.807) is 0 Å². The normalized spacial score (nSPS) is 13.4. The molecule has 14 aromatic rings. The van der Waals surface area contributed by atoms with Gasteiger partial charge in [0.15, 0.2) is 0 Å². The molecule has 360 valence electrons. The largest absolute Gasteiger partial charge is 0.456 e. The van der Waals surface area contributed by atoms with Gasteiger partial charge >= 0.3 is 0 Å². The number of benzene rings is 11. The van der Waals surface area contributed by atoms with Crippen LogP contribution in [0.15, 0.2) is 229 Å². The number of aromatic nitrogens is 2. The summed E-state index contributed by atoms with van der Waals surface area (Å²) in [5, 5.41) is 9.56. The SMILES string of the molecule is C=C1c2ccccc2-c2ccc(N(c3ccc4c(c3)C(C)(C)c3cc(N(c5ccc6c(c5)oc5ccccc56)c5cccc6c7ccccc7n(C)c56)c5ccccc5c3-4)c3cccc4c5ccccc5n(C)c34)cc21. The molecule has 0 bridgehead atoms. The zero-order valence-electron chi connectivity index (χ0n) is 42.7. The molecule has 0 saturated carbocycles. The average molecular weight is 975 g/mol. The van der Waals surface area contributed by atoms with Crippen molar-refractivity contribution in [3.05, 3.63) is 247 Å². The molecule has 76 heavy (non-hydrogen) atoms. The molecular weight excluding hydrogens is 925 g/mol. The second-order valence-corrected chi connectivity index (χ2v) is 21.4. The van der Waals surface area contributed by atoms with E-state index in [4.69, 9.17) is 4.42 Å². The van der Waals surface area contributed by atoms with Crippen molar-refractivity contribution >= 4 is 116 Å². The van der Waals surface area contributed by atoms with E-state index in [9.17, 15) is 0 Å². The van der Waals surface area contributed by atoms with Crippen molar-refractivity contribution in [3.63, 3.8) is 0 Å². The maximum atomic E-state index is 6.65. The zero-order chi connectivity index (χ0) is 50.7. The van der Waals surface area contributed by atoms with Crippen molar-refractivity contribution in [3.8, 4) is 22.3 Å². The van der Waals surface area contributed by atoms with Crippen LogP contribution in [-0.2, 0) is 19.5 Å². The molecule has 3 heterocycles. The minimum Gasteiger partial charge on any atom is -0.456 e. The molecule has 5 nitrogen and oxygen atoms in total. The topological polar surface area (TPSA) is 29.5 Å². The molecule has 0 atom stereocenters. The number of hydrogen-bond acceptors (Lipinski definition) is 3. The molecule has 0 fully saturated rings. The highest BCUT2D eigenvalue weighted by atomic mass is 16.3. The Kier molecular flexibility index (Phi) is 8.74. The molecule has 0 amide bonds. The predicted molar refractivity (Wildman–Crippen MR) is 320 cm³/mol. The Morgan fingerprint density at radius 3 is 1.59 bits per heavy atom. The Morgan fingerprint density at radius 1 is 0.368 bits per heavy atom. The van der Waals surface area contributed by atoms with Gasteiger partial charge in [0, 0.05) is 91.4 Å². The van der Waals surface area contributed by atoms with Crippen molar-refractivity contribution in [1.82, 2.24) is 9.13 Å². The molecule has 16 rings (SSSR count). The van der Waals surface area contributed by atoms with Crippen LogP contribution in [0.1, 0.15) is 36.1 Å². The van der Waals surface area contributed by atoms with Gasteiger partial charge in [-0.05, 0) is 128 Å². The number of furan rings is 1. The van der Waals surface area contributed by atoms with Gasteiger partial charge in [0.25, 0.3) is 0 Å². The summed E-state index contributed by atoms with van der Waals surface area (Å²) >= 11 is 0. The summed E-state index contributed by atoms with van der Waals surface area (Å²) in [6, 6.07) is 80.5. The van der Waals surface area contributed by atoms with E-state index in [1.165, 1.54) is 98.9 Å². The summed E-state index contributed by atoms with van der Waals surface area (Å²) in [5.74, 6) is 0. The summed E-state index contributed by atoms with van der Waals surface area (Å²) in [6.07, 6.45) is 0. The van der Waals surface area contributed by atoms with Crippen LogP contribution >= 0.6 is 0 Å². The number of anilines is 6. The lowest BCUT2D eigenvalue weighted by Gasteiger charge is -2.31. The molecule has 0 saturated heterocycles. The third-order valence-electron chi connectivity index (χ3n) is 17.2. The molecular formula is C71H50N4O. The molecule has 0 unspecified atom stereocenters. The number of rotatable bonds is 6. The average Bonchev–Trinajstić information content (AvgIpc) is 4.35. The van der Waals surface area contributed by atoms with Crippen LogP contribution in [0.3, 0.4) is 0 Å². The van der Waals surface area contributed by atoms with Crippen LogP contribution in [0, 0.1) is 0 Å². The molecule has 0 spiro atoms. The number of hydrogen-bond donors (Lipinski definition) is 0. The third kappa shape index (κ3) is 5.74. The number of nitrogens with zero attached hydrogens (tertiary/aromatic N) is 4. The fourth-order valence-electron chi connectivity index (χ4n) is 13.6. The van der Waals surface area contributed by atoms with E-state index in [-0.39, 0.29) is 0 Å². The van der Waals surface area contributed by atoms with Gasteiger partial charge < -0.3 is 23.4 Å². The maximum absolute atomic E-state index is 6.65. The molecule has 0 aliphatic heterocycles. The van der Waals surface area contributed by atoms with Crippen LogP contribution in [-0.4, -0.2) is 9.13 Å². The van der Waals surface area contributed by atoms with Crippen LogP contribution in [0.25, 0.3) is 104 Å². The standard InChI is InChI=1S/C71H50N4O/c1-42-46-18-6-7-19-47(46)48-35-32-43(38-58(42)48)74(63-29-16-25-55-50-21-10-13-27-61(50)72(4)69(55)63)44-34-37-57-59(39-44)71(2,3)60-41-65(49-20-8-9-24-54(49)68(57)60)75(45-33-36-53-52-23-12-15-31-66(52)76-67(53)40-45)64-30-17-26-56-51-22-11-14-28-62(51)73(5)70(56)64/h6-41H,1H2,2-5H3. The number of aryl methyl sites for hydroxylation is 2. The van der Waals surface area contributed by atoms with Crippen LogP contribution < -0.4 is 9.80 Å². The first kappa shape index (κ1) is 42.9. The van der Waals surface area contributed by atoms with Gasteiger partial charge in [-0.2, -0.15) is 0 Å². The number of fused-ring (bicyclic) bond motifs is 17. The van der Waals surface area contributed by atoms with Gasteiger partial charge in [0.05, 0.1) is 28.1 Å². The van der Waals surface area contributed by atoms with Crippen molar-refractivity contribution in [2.45, 2.75) is 19.3 Å². The smallest absolute Gasteiger partial charge is 0.137 e. The minimum absolute atomic E-state index is 0.398. The van der Waals surface area contributed by atoms with E-state index in [1.807, 2.05) is 6.07 Å². The number of para-hydroxylation sites is 5. The fraction of sp³-hybridized carbons (Fsp3) is 0.0704. The summed E-state index contributed by atoms with van der Waals surface area (Å²) in [5.41, 5.74) is 23.7. The van der Waals surface area contributed by atoms with E-state index in [0.29, 0.717) is 0 Å². The molecule has 11 aromatic carbocycles. The van der Waals surface area contributed by atoms with Crippen LogP contribution in [0.2, 0.25) is 0 Å². The molecule has 2 aliphatic carbocycles. The van der Waals surface area contributed by atoms with Gasteiger partial charge in [-0.25, -0.2) is 0 Å². The third-order valence-corrected chi connectivity index (χ3v) is 17.2. The Morgan fingerprint density at radius 2 is 0.882 bits per heavy atom. The fourth-order valence-corrected chi connectivity index (χ4v) is 13.6. The summed E-state index contributed by atoms with van der Waals surface area (Å²) in [4.78, 5) is 4.98. The van der Waals surface area contributed by atoms with Gasteiger partial charge in [-0.15, -0.1) is 0 Å². The molecule has 5 heteroatoms. The maximum Gasteiger partial charge on any atom is 0.137 e. The Hall–Kier alpha value is -9.58. The van der Waals surface area contributed by atoms with Crippen molar-refractivity contribution in [2.24, 2.45) is 14.1 Å². The van der Waals surface area contributed by atoms with Gasteiger partial charge in [0.2, 0.25) is 0 Å². The van der Waals surface area contributed by atoms with Crippen molar-refractivity contribution < 1.29 is 4.42 Å². The van der Waals surface area contributed by atoms with Crippen LogP contribution in [0.4, 0.5) is 34.1 Å². The highest BCUT2D eigenvalue weighted by Crippen LogP contribution is 2.57. The van der Waals surface area contributed by atoms with E-state index in [2.05, 4.69) is 266 Å². The Balaban J connectivity index is 0.923. The van der Waals surface area contributed by atoms with Gasteiger partial charge in [-0.1, -0.05) is 160 Å². The molecule has 2 aliphatic rings. The first-order chi connectivity index (χ1) is 37.2. The summed E-state index contributed by atoms with van der Waals surface area (Å²) in [7, 11) is 4.41. The quantitative estimate of drug-likeness (QED) is 0.166. The minimum atomic E-state index is -0.398. The van der Waals surface area contributed by atoms with Crippen molar-refractivity contribution in [2.75, 3.05) is 9.80 Å². The molecule has 0 N–H and O–H groups in total. The Labute approximate surface area is 440 Å². The lowest BCUT2D eigenvalue weighted by molar-refractivity contribution is 0.661. The first-order valence-corrected chi connectivity index (χ1v) is 26.3. The zero-order valence-corrected chi connectivity index (χ0v) is 42.7. The van der Waals surface area contributed by atoms with E-state index in [0.717, 1.165) is 61.6 Å². The van der Waals surface area contributed by atoms with E-state index >= 15 is 0 Å². The lowest BCUT2D eigenvalue weighted by Crippen LogP contribution is -2.18. The highest BCUT2D eigenvalue weighted by Gasteiger charge is 2.39. The second-order valence-electron chi connectivity index (χ2n) is 21.4. The highest BCUT2D eigenvalue weighted by molar-refractivity contribution is 6.18. The summed E-state index contributed by atoms with van der Waals surface area (Å²) in [6.45, 7) is 9.50. The lowest BCUT2D eigenvalue weighted by atomic mass is 9.81. The van der Waals surface area contributed by atoms with Crippen LogP contribution in [0.5, 0.6) is 0 Å². The Bertz CT molecular complexity index is 4870. The summed E-state index contributed by atoms with van der Waals surface area (Å²) < 4.78 is 11.4. The second kappa shape index (κ2) is 15.5. The first-order valence-electron chi connectivity index (χ1n) is 26.3. The predicted octanol–water partition coefficient (Wildman–Crippen LogP) is 19.3. The van der Waals surface area contributed by atoms with Crippen molar-refractivity contribution in [1.29, 1.82) is 0 Å². The van der Waals surface area contributed by atoms with Gasteiger partial charge in [0.1, 0.15) is 11.2 Å². The van der Waals surface area contributed by atoms with E-state index < -0.39 is 5.41 Å². The van der Waals surface area contributed by atoms with Gasteiger partial charge in [-0.3, -0.25) is 0 Å².